The second-order valence-corrected chi connectivity index (χ2v) is 9.41. The number of nitrogens with one attached hydrogen (secondary N) is 1. The van der Waals surface area contributed by atoms with E-state index in [9.17, 15) is 34.8 Å². The van der Waals surface area contributed by atoms with Crippen LogP contribution in [0.2, 0.25) is 0 Å². The number of carbonyl (C=O) groups is 3. The first-order valence-corrected chi connectivity index (χ1v) is 11.2. The van der Waals surface area contributed by atoms with Gasteiger partial charge in [0.05, 0.1) is 11.6 Å². The van der Waals surface area contributed by atoms with E-state index in [0.29, 0.717) is 25.1 Å². The van der Waals surface area contributed by atoms with Gasteiger partial charge in [0, 0.05) is 29.1 Å². The zero-order valence-electron chi connectivity index (χ0n) is 18.9. The van der Waals surface area contributed by atoms with Crippen LogP contribution in [-0.4, -0.2) is 69.2 Å². The van der Waals surface area contributed by atoms with Gasteiger partial charge < -0.3 is 48.7 Å². The number of phenols is 1. The monoisotopic (exact) mass is 487 g/mol. The molecule has 1 amide bonds. The first-order chi connectivity index (χ1) is 16.4. The maximum atomic E-state index is 13.9. The zero-order valence-corrected chi connectivity index (χ0v) is 18.9. The van der Waals surface area contributed by atoms with Crippen LogP contribution >= 0.6 is 0 Å². The Hall–Kier alpha value is -3.45. The minimum absolute atomic E-state index is 0.0595. The third-order valence-electron chi connectivity index (χ3n) is 7.41. The van der Waals surface area contributed by atoms with Gasteiger partial charge in [-0.05, 0) is 50.0 Å². The first kappa shape index (κ1) is 24.7. The summed E-state index contributed by atoms with van der Waals surface area (Å²) >= 11 is 0. The van der Waals surface area contributed by atoms with Gasteiger partial charge in [0.25, 0.3) is 5.91 Å². The Kier molecular flexibility index (Phi) is 5.88. The Morgan fingerprint density at radius 2 is 1.89 bits per heavy atom. The number of carbonyl (C=O) groups excluding carboxylic acids is 3. The van der Waals surface area contributed by atoms with Gasteiger partial charge in [-0.1, -0.05) is 0 Å². The van der Waals surface area contributed by atoms with Crippen molar-refractivity contribution in [3.63, 3.8) is 0 Å². The Labute approximate surface area is 200 Å². The highest BCUT2D eigenvalue weighted by Crippen LogP contribution is 2.57. The maximum Gasteiger partial charge on any atom is 0.255 e. The average Bonchev–Trinajstić information content (AvgIpc) is 2.80. The summed E-state index contributed by atoms with van der Waals surface area (Å²) in [6.07, 6.45) is 0.539. The highest BCUT2D eigenvalue weighted by Gasteiger charge is 2.66. The van der Waals surface area contributed by atoms with Crippen LogP contribution in [0.3, 0.4) is 0 Å². The van der Waals surface area contributed by atoms with Gasteiger partial charge in [0.15, 0.2) is 11.4 Å². The number of fused-ring (bicyclic) bond motifs is 3. The largest absolute Gasteiger partial charge is 0.508 e. The third kappa shape index (κ3) is 3.32. The van der Waals surface area contributed by atoms with Crippen molar-refractivity contribution in [3.8, 4) is 5.75 Å². The number of hydrogen-bond acceptors (Lipinski definition) is 11. The fourth-order valence-electron chi connectivity index (χ4n) is 5.70. The Balaban J connectivity index is 1.98. The van der Waals surface area contributed by atoms with E-state index in [1.807, 2.05) is 0 Å². The molecule has 12 nitrogen and oxygen atoms in total. The fraction of sp³-hybridized carbons (Fsp3) is 0.435. The fourth-order valence-corrected chi connectivity index (χ4v) is 5.70. The zero-order chi connectivity index (χ0) is 25.9. The minimum atomic E-state index is -2.78. The topological polar surface area (TPSA) is 248 Å². The summed E-state index contributed by atoms with van der Waals surface area (Å²) < 4.78 is 0. The van der Waals surface area contributed by atoms with E-state index in [1.165, 1.54) is 12.1 Å². The number of benzene rings is 1. The normalized spacial score (nSPS) is 30.1. The lowest BCUT2D eigenvalue weighted by Crippen LogP contribution is -2.68. The molecule has 12 heteroatoms. The molecule has 0 spiro atoms. The number of nitrogen functional groups attached to an aromatic ring is 1. The minimum Gasteiger partial charge on any atom is -0.508 e. The number of Topliss-reactive ketones (excluding diaryl/α,β-unsaturated/α-hetero) is 2. The molecular formula is C23H29N5O7. The predicted molar refractivity (Wildman–Crippen MR) is 125 cm³/mol. The smallest absolute Gasteiger partial charge is 0.255 e. The lowest BCUT2D eigenvalue weighted by Gasteiger charge is -2.53. The van der Waals surface area contributed by atoms with E-state index < -0.39 is 57.5 Å². The second kappa shape index (κ2) is 8.34. The molecule has 35 heavy (non-hydrogen) atoms. The van der Waals surface area contributed by atoms with Crippen LogP contribution in [-0.2, 0) is 20.8 Å². The van der Waals surface area contributed by atoms with Crippen molar-refractivity contribution in [1.29, 1.82) is 0 Å². The van der Waals surface area contributed by atoms with E-state index in [-0.39, 0.29) is 42.0 Å². The summed E-state index contributed by atoms with van der Waals surface area (Å²) in [4.78, 5) is 38.6. The molecule has 4 rings (SSSR count). The molecule has 4 atom stereocenters. The predicted octanol–water partition coefficient (Wildman–Crippen LogP) is -1.75. The van der Waals surface area contributed by atoms with E-state index in [1.54, 1.807) is 0 Å². The Morgan fingerprint density at radius 3 is 2.51 bits per heavy atom. The molecule has 0 radical (unpaired) electrons. The quantitative estimate of drug-likeness (QED) is 0.0941. The first-order valence-electron chi connectivity index (χ1n) is 11.2. The summed E-state index contributed by atoms with van der Waals surface area (Å²) in [5, 5.41) is 47.2. The number of phenolic OH excluding ortho intramolecular Hbond substituents is 1. The Bertz CT molecular complexity index is 1210. The molecule has 3 aliphatic rings. The molecule has 0 saturated heterocycles. The number of aliphatic hydroxyl groups is 3. The van der Waals surface area contributed by atoms with Crippen molar-refractivity contribution >= 4 is 28.9 Å². The maximum absolute atomic E-state index is 13.9. The lowest BCUT2D eigenvalue weighted by atomic mass is 9.51. The summed E-state index contributed by atoms with van der Waals surface area (Å²) in [5.41, 5.74) is 18.4. The SMILES string of the molecule is NCCCNC[C@@]12Cc3c(N)ccc(O)c3C(O)=C1C(=O)[C@]1(O)C(O)=C(C(N)=O)C(=O)[C@@H](N)[C@@H]1C2. The van der Waals surface area contributed by atoms with Crippen molar-refractivity contribution < 1.29 is 34.8 Å². The van der Waals surface area contributed by atoms with Gasteiger partial charge >= 0.3 is 0 Å². The Morgan fingerprint density at radius 1 is 1.20 bits per heavy atom. The molecule has 3 aliphatic carbocycles. The second-order valence-electron chi connectivity index (χ2n) is 9.41. The van der Waals surface area contributed by atoms with Crippen LogP contribution in [0.15, 0.2) is 29.0 Å². The summed E-state index contributed by atoms with van der Waals surface area (Å²) in [6.45, 7) is 0.986. The molecular weight excluding hydrogens is 458 g/mol. The van der Waals surface area contributed by atoms with Crippen LogP contribution in [0.1, 0.15) is 24.0 Å². The van der Waals surface area contributed by atoms with Crippen LogP contribution in [0.25, 0.3) is 5.76 Å². The van der Waals surface area contributed by atoms with E-state index >= 15 is 0 Å². The number of amides is 1. The van der Waals surface area contributed by atoms with Crippen molar-refractivity contribution in [1.82, 2.24) is 5.32 Å². The number of aromatic hydroxyl groups is 1. The van der Waals surface area contributed by atoms with Gasteiger partial charge in [-0.15, -0.1) is 0 Å². The summed E-state index contributed by atoms with van der Waals surface area (Å²) in [7, 11) is 0. The van der Waals surface area contributed by atoms with E-state index in [2.05, 4.69) is 5.32 Å². The standard InChI is InChI=1S/C23H29N5O7/c24-4-1-5-28-8-22-6-9-11(25)2-3-12(29)13(9)17(30)15(22)20(33)23(35)10(7-22)16(26)18(31)14(19(23)32)21(27)34/h2-3,10,16,28-30,32,35H,1,4-8,24-26H2,(H2,27,34)/t10-,16-,22-,23+/m0/s1. The number of ketones is 2. The van der Waals surface area contributed by atoms with Crippen LogP contribution in [0, 0.1) is 11.3 Å². The van der Waals surface area contributed by atoms with Crippen molar-refractivity contribution in [2.75, 3.05) is 25.4 Å². The molecule has 1 saturated carbocycles. The van der Waals surface area contributed by atoms with Crippen LogP contribution < -0.4 is 28.3 Å². The molecule has 188 valence electrons. The molecule has 1 aromatic rings. The van der Waals surface area contributed by atoms with E-state index in [4.69, 9.17) is 22.9 Å². The van der Waals surface area contributed by atoms with E-state index in [0.717, 1.165) is 0 Å². The molecule has 13 N–H and O–H groups in total. The number of nitrogens with two attached hydrogens (primary N) is 4. The molecule has 0 unspecified atom stereocenters. The average molecular weight is 488 g/mol. The molecule has 1 aromatic carbocycles. The van der Waals surface area contributed by atoms with Crippen molar-refractivity contribution in [2.24, 2.45) is 28.5 Å². The number of rotatable bonds is 6. The molecule has 0 aliphatic heterocycles. The van der Waals surface area contributed by atoms with Crippen LogP contribution in [0.4, 0.5) is 5.69 Å². The van der Waals surface area contributed by atoms with Gasteiger partial charge in [-0.3, -0.25) is 14.4 Å². The number of primary amides is 1. The van der Waals surface area contributed by atoms with Gasteiger partial charge in [-0.2, -0.15) is 0 Å². The van der Waals surface area contributed by atoms with Gasteiger partial charge in [0.1, 0.15) is 22.8 Å². The highest BCUT2D eigenvalue weighted by atomic mass is 16.3. The summed E-state index contributed by atoms with van der Waals surface area (Å²) in [5.74, 6) is -6.96. The number of hydrogen-bond donors (Lipinski definition) is 9. The number of anilines is 1. The summed E-state index contributed by atoms with van der Waals surface area (Å²) in [6, 6.07) is 1.20. The van der Waals surface area contributed by atoms with Crippen molar-refractivity contribution in [3.05, 3.63) is 40.2 Å². The molecule has 1 fully saturated rings. The highest BCUT2D eigenvalue weighted by molar-refractivity contribution is 6.24. The van der Waals surface area contributed by atoms with Crippen LogP contribution in [0.5, 0.6) is 5.75 Å². The lowest BCUT2D eigenvalue weighted by molar-refractivity contribution is -0.152. The van der Waals surface area contributed by atoms with Gasteiger partial charge in [0.2, 0.25) is 5.78 Å². The van der Waals surface area contributed by atoms with Crippen molar-refractivity contribution in [2.45, 2.75) is 30.9 Å². The third-order valence-corrected chi connectivity index (χ3v) is 7.41. The molecule has 0 bridgehead atoms. The molecule has 0 aromatic heterocycles. The molecule has 0 heterocycles. The number of aliphatic hydroxyl groups excluding tert-OH is 2. The van der Waals surface area contributed by atoms with Gasteiger partial charge in [-0.25, -0.2) is 0 Å².